The van der Waals surface area contributed by atoms with Gasteiger partial charge in [0.15, 0.2) is 0 Å². The van der Waals surface area contributed by atoms with Crippen molar-refractivity contribution < 1.29 is 4.79 Å². The first-order valence-corrected chi connectivity index (χ1v) is 8.13. The van der Waals surface area contributed by atoms with Crippen molar-refractivity contribution in [3.8, 4) is 0 Å². The van der Waals surface area contributed by atoms with Crippen LogP contribution in [0.3, 0.4) is 0 Å². The van der Waals surface area contributed by atoms with Crippen LogP contribution in [0.2, 0.25) is 0 Å². The zero-order valence-electron chi connectivity index (χ0n) is 11.9. The highest BCUT2D eigenvalue weighted by molar-refractivity contribution is 7.09. The molecule has 0 aliphatic carbocycles. The van der Waals surface area contributed by atoms with Gasteiger partial charge in [-0.05, 0) is 18.4 Å². The highest BCUT2D eigenvalue weighted by Crippen LogP contribution is 2.18. The van der Waals surface area contributed by atoms with Gasteiger partial charge in [-0.15, -0.1) is 11.3 Å². The maximum absolute atomic E-state index is 12.4. The Morgan fingerprint density at radius 1 is 1.29 bits per heavy atom. The van der Waals surface area contributed by atoms with Crippen molar-refractivity contribution in [2.75, 3.05) is 13.1 Å². The summed E-state index contributed by atoms with van der Waals surface area (Å²) in [4.78, 5) is 18.8. The second-order valence-corrected chi connectivity index (χ2v) is 6.36. The molecule has 0 spiro atoms. The Morgan fingerprint density at radius 2 is 2.00 bits per heavy atom. The van der Waals surface area contributed by atoms with Gasteiger partial charge in [-0.1, -0.05) is 30.3 Å². The van der Waals surface area contributed by atoms with Crippen molar-refractivity contribution >= 4 is 17.2 Å². The van der Waals surface area contributed by atoms with E-state index >= 15 is 0 Å². The van der Waals surface area contributed by atoms with Crippen LogP contribution in [0, 0.1) is 0 Å². The Morgan fingerprint density at radius 3 is 2.71 bits per heavy atom. The van der Waals surface area contributed by atoms with Crippen LogP contribution in [0.5, 0.6) is 0 Å². The maximum Gasteiger partial charge on any atom is 0.273 e. The van der Waals surface area contributed by atoms with E-state index in [1.165, 1.54) is 5.56 Å². The van der Waals surface area contributed by atoms with E-state index in [9.17, 15) is 4.79 Å². The number of likely N-dealkylation sites (tertiary alicyclic amines) is 1. The number of nitrogens with two attached hydrogens (primary N) is 1. The third-order valence-electron chi connectivity index (χ3n) is 3.80. The van der Waals surface area contributed by atoms with Crippen LogP contribution in [0.15, 0.2) is 35.7 Å². The first-order valence-electron chi connectivity index (χ1n) is 7.25. The first-order chi connectivity index (χ1) is 10.2. The molecule has 2 aromatic rings. The average molecular weight is 301 g/mol. The number of carbonyl (C=O) groups excluding carboxylic acids is 1. The summed E-state index contributed by atoms with van der Waals surface area (Å²) in [5.41, 5.74) is 7.66. The van der Waals surface area contributed by atoms with Gasteiger partial charge < -0.3 is 10.6 Å². The lowest BCUT2D eigenvalue weighted by Gasteiger charge is -2.29. The number of piperidine rings is 1. The molecular weight excluding hydrogens is 282 g/mol. The predicted octanol–water partition coefficient (Wildman–Crippen LogP) is 2.30. The molecule has 0 atom stereocenters. The van der Waals surface area contributed by atoms with Gasteiger partial charge in [0.05, 0.1) is 5.01 Å². The van der Waals surface area contributed by atoms with Crippen molar-refractivity contribution in [2.45, 2.75) is 25.3 Å². The lowest BCUT2D eigenvalue weighted by atomic mass is 10.1. The third kappa shape index (κ3) is 3.49. The maximum atomic E-state index is 12.4. The normalized spacial score (nSPS) is 16.1. The minimum atomic E-state index is 0.0393. The summed E-state index contributed by atoms with van der Waals surface area (Å²) in [6.07, 6.45) is 2.54. The van der Waals surface area contributed by atoms with Crippen LogP contribution in [-0.4, -0.2) is 34.9 Å². The topological polar surface area (TPSA) is 59.2 Å². The molecule has 3 rings (SSSR count). The molecular formula is C16H19N3OS. The molecule has 0 saturated carbocycles. The molecule has 0 unspecified atom stereocenters. The zero-order chi connectivity index (χ0) is 14.7. The fourth-order valence-corrected chi connectivity index (χ4v) is 3.33. The Kier molecular flexibility index (Phi) is 4.31. The molecule has 1 saturated heterocycles. The molecule has 1 aliphatic rings. The molecule has 2 N–H and O–H groups in total. The highest BCUT2D eigenvalue weighted by Gasteiger charge is 2.23. The molecule has 1 aromatic heterocycles. The number of hydrogen-bond acceptors (Lipinski definition) is 4. The molecule has 110 valence electrons. The van der Waals surface area contributed by atoms with Crippen molar-refractivity contribution in [1.82, 2.24) is 9.88 Å². The van der Waals surface area contributed by atoms with Gasteiger partial charge in [-0.3, -0.25) is 4.79 Å². The number of aromatic nitrogens is 1. The summed E-state index contributed by atoms with van der Waals surface area (Å²) in [6, 6.07) is 10.4. The molecule has 4 nitrogen and oxygen atoms in total. The Balaban J connectivity index is 1.66. The fraction of sp³-hybridized carbons (Fsp3) is 0.375. The number of hydrogen-bond donors (Lipinski definition) is 1. The van der Waals surface area contributed by atoms with Gasteiger partial charge in [-0.2, -0.15) is 0 Å². The summed E-state index contributed by atoms with van der Waals surface area (Å²) in [6.45, 7) is 1.48. The SMILES string of the molecule is NC1CCN(C(=O)c2csc(Cc3ccccc3)n2)CC1. The lowest BCUT2D eigenvalue weighted by molar-refractivity contribution is 0.0709. The second kappa shape index (κ2) is 6.37. The van der Waals surface area contributed by atoms with Gasteiger partial charge in [0.2, 0.25) is 0 Å². The highest BCUT2D eigenvalue weighted by atomic mass is 32.1. The van der Waals surface area contributed by atoms with Crippen LogP contribution in [-0.2, 0) is 6.42 Å². The summed E-state index contributed by atoms with van der Waals surface area (Å²) in [5.74, 6) is 0.0393. The number of carbonyl (C=O) groups is 1. The second-order valence-electron chi connectivity index (χ2n) is 5.42. The van der Waals surface area contributed by atoms with E-state index in [1.807, 2.05) is 28.5 Å². The summed E-state index contributed by atoms with van der Waals surface area (Å²) in [7, 11) is 0. The van der Waals surface area contributed by atoms with Gasteiger partial charge in [0.25, 0.3) is 5.91 Å². The first kappa shape index (κ1) is 14.2. The van der Waals surface area contributed by atoms with E-state index < -0.39 is 0 Å². The van der Waals surface area contributed by atoms with Crippen LogP contribution in [0.1, 0.15) is 33.9 Å². The van der Waals surface area contributed by atoms with E-state index in [4.69, 9.17) is 5.73 Å². The van der Waals surface area contributed by atoms with Gasteiger partial charge >= 0.3 is 0 Å². The number of rotatable bonds is 3. The van der Waals surface area contributed by atoms with E-state index in [1.54, 1.807) is 11.3 Å². The Labute approximate surface area is 128 Å². The van der Waals surface area contributed by atoms with Crippen molar-refractivity contribution in [1.29, 1.82) is 0 Å². The van der Waals surface area contributed by atoms with E-state index in [-0.39, 0.29) is 11.9 Å². The Bertz CT molecular complexity index is 603. The van der Waals surface area contributed by atoms with E-state index in [2.05, 4.69) is 17.1 Å². The number of nitrogens with zero attached hydrogens (tertiary/aromatic N) is 2. The van der Waals surface area contributed by atoms with Crippen LogP contribution in [0.4, 0.5) is 0 Å². The number of amides is 1. The van der Waals surface area contributed by atoms with Crippen molar-refractivity contribution in [2.24, 2.45) is 5.73 Å². The minimum absolute atomic E-state index is 0.0393. The minimum Gasteiger partial charge on any atom is -0.337 e. The summed E-state index contributed by atoms with van der Waals surface area (Å²) in [5, 5.41) is 2.85. The zero-order valence-corrected chi connectivity index (χ0v) is 12.7. The van der Waals surface area contributed by atoms with E-state index in [0.29, 0.717) is 5.69 Å². The smallest absolute Gasteiger partial charge is 0.273 e. The van der Waals surface area contributed by atoms with Crippen molar-refractivity contribution in [3.63, 3.8) is 0 Å². The molecule has 2 heterocycles. The largest absolute Gasteiger partial charge is 0.337 e. The third-order valence-corrected chi connectivity index (χ3v) is 4.64. The van der Waals surface area contributed by atoms with Crippen LogP contribution < -0.4 is 5.73 Å². The van der Waals surface area contributed by atoms with Crippen LogP contribution in [0.25, 0.3) is 0 Å². The molecule has 1 fully saturated rings. The molecule has 0 bridgehead atoms. The van der Waals surface area contributed by atoms with Gasteiger partial charge in [0, 0.05) is 30.9 Å². The standard InChI is InChI=1S/C16H19N3OS/c17-13-6-8-19(9-7-13)16(20)14-11-21-15(18-14)10-12-4-2-1-3-5-12/h1-5,11,13H,6-10,17H2. The quantitative estimate of drug-likeness (QED) is 0.946. The van der Waals surface area contributed by atoms with Gasteiger partial charge in [0.1, 0.15) is 5.69 Å². The molecule has 1 amide bonds. The molecule has 1 aliphatic heterocycles. The van der Waals surface area contributed by atoms with Gasteiger partial charge in [-0.25, -0.2) is 4.98 Å². The summed E-state index contributed by atoms with van der Waals surface area (Å²) < 4.78 is 0. The molecule has 21 heavy (non-hydrogen) atoms. The summed E-state index contributed by atoms with van der Waals surface area (Å²) >= 11 is 1.55. The number of benzene rings is 1. The lowest BCUT2D eigenvalue weighted by Crippen LogP contribution is -2.42. The molecule has 5 heteroatoms. The van der Waals surface area contributed by atoms with E-state index in [0.717, 1.165) is 37.4 Å². The number of thiazole rings is 1. The molecule has 1 aromatic carbocycles. The monoisotopic (exact) mass is 301 g/mol. The molecule has 0 radical (unpaired) electrons. The fourth-order valence-electron chi connectivity index (χ4n) is 2.53. The Hall–Kier alpha value is -1.72. The average Bonchev–Trinajstić information content (AvgIpc) is 2.97. The predicted molar refractivity (Wildman–Crippen MR) is 84.5 cm³/mol. The van der Waals surface area contributed by atoms with Crippen molar-refractivity contribution in [3.05, 3.63) is 52.0 Å². The van der Waals surface area contributed by atoms with Crippen LogP contribution >= 0.6 is 11.3 Å².